The van der Waals surface area contributed by atoms with E-state index < -0.39 is 0 Å². The van der Waals surface area contributed by atoms with Crippen LogP contribution in [0.1, 0.15) is 23.1 Å². The fraction of sp³-hybridized carbons (Fsp3) is 0.391. The first-order valence-electron chi connectivity index (χ1n) is 10.6. The summed E-state index contributed by atoms with van der Waals surface area (Å²) in [4.78, 5) is 24.8. The predicted octanol–water partition coefficient (Wildman–Crippen LogP) is 3.57. The van der Waals surface area contributed by atoms with E-state index in [1.54, 1.807) is 6.07 Å². The number of H-pyrrole nitrogens is 1. The van der Waals surface area contributed by atoms with Gasteiger partial charge in [0.05, 0.1) is 11.2 Å². The van der Waals surface area contributed by atoms with Crippen LogP contribution in [0.25, 0.3) is 10.9 Å². The molecule has 5 rings (SSSR count). The van der Waals surface area contributed by atoms with Crippen LogP contribution in [-0.2, 0) is 13.0 Å². The third-order valence-corrected chi connectivity index (χ3v) is 6.39. The van der Waals surface area contributed by atoms with Crippen molar-refractivity contribution in [1.82, 2.24) is 14.9 Å². The summed E-state index contributed by atoms with van der Waals surface area (Å²) < 4.78 is 0. The second-order valence-corrected chi connectivity index (χ2v) is 8.64. The molecule has 0 unspecified atom stereocenters. The Hall–Kier alpha value is -2.57. The average Bonchev–Trinajstić information content (AvgIpc) is 2.74. The lowest BCUT2D eigenvalue weighted by Crippen LogP contribution is -2.46. The molecule has 2 aromatic heterocycles. The van der Waals surface area contributed by atoms with Gasteiger partial charge in [0.1, 0.15) is 11.0 Å². The summed E-state index contributed by atoms with van der Waals surface area (Å²) in [7, 11) is 0. The van der Waals surface area contributed by atoms with Crippen molar-refractivity contribution in [1.29, 1.82) is 0 Å². The lowest BCUT2D eigenvalue weighted by molar-refractivity contribution is 0.249. The molecule has 4 heterocycles. The highest BCUT2D eigenvalue weighted by Gasteiger charge is 2.20. The van der Waals surface area contributed by atoms with Crippen molar-refractivity contribution in [3.8, 4) is 0 Å². The summed E-state index contributed by atoms with van der Waals surface area (Å²) in [6, 6.07) is 10.2. The Kier molecular flexibility index (Phi) is 5.13. The SMILES string of the molecule is Cc1cc(CN2CCN(c3cccc(Cl)n3)CC2)cc2[nH]c(=O)c3c(c12)NCCC3. The number of benzene rings is 1. The van der Waals surface area contributed by atoms with Crippen LogP contribution in [0, 0.1) is 6.92 Å². The first-order valence-corrected chi connectivity index (χ1v) is 11.0. The highest BCUT2D eigenvalue weighted by Crippen LogP contribution is 2.31. The first kappa shape index (κ1) is 19.4. The lowest BCUT2D eigenvalue weighted by atomic mass is 9.97. The van der Waals surface area contributed by atoms with E-state index in [0.717, 1.165) is 80.1 Å². The monoisotopic (exact) mass is 423 g/mol. The van der Waals surface area contributed by atoms with Gasteiger partial charge >= 0.3 is 0 Å². The molecule has 0 bridgehead atoms. The Morgan fingerprint density at radius 2 is 2.00 bits per heavy atom. The van der Waals surface area contributed by atoms with Gasteiger partial charge in [0, 0.05) is 50.2 Å². The van der Waals surface area contributed by atoms with Crippen molar-refractivity contribution >= 4 is 34.0 Å². The van der Waals surface area contributed by atoms with E-state index in [4.69, 9.17) is 11.6 Å². The number of rotatable bonds is 3. The predicted molar refractivity (Wildman–Crippen MR) is 123 cm³/mol. The van der Waals surface area contributed by atoms with Crippen LogP contribution in [0.3, 0.4) is 0 Å². The van der Waals surface area contributed by atoms with Gasteiger partial charge in [-0.15, -0.1) is 0 Å². The van der Waals surface area contributed by atoms with E-state index >= 15 is 0 Å². The van der Waals surface area contributed by atoms with Gasteiger partial charge < -0.3 is 15.2 Å². The Morgan fingerprint density at radius 1 is 1.17 bits per heavy atom. The second-order valence-electron chi connectivity index (χ2n) is 8.25. The third kappa shape index (κ3) is 3.66. The zero-order valence-corrected chi connectivity index (χ0v) is 17.9. The van der Waals surface area contributed by atoms with Crippen LogP contribution in [0.2, 0.25) is 5.15 Å². The number of piperazine rings is 1. The maximum atomic E-state index is 12.6. The number of halogens is 1. The van der Waals surface area contributed by atoms with E-state index in [9.17, 15) is 4.79 Å². The summed E-state index contributed by atoms with van der Waals surface area (Å²) in [5.41, 5.74) is 5.36. The number of aromatic nitrogens is 2. The summed E-state index contributed by atoms with van der Waals surface area (Å²) >= 11 is 6.04. The van der Waals surface area contributed by atoms with Crippen molar-refractivity contribution in [2.75, 3.05) is 42.9 Å². The number of nitrogens with zero attached hydrogens (tertiary/aromatic N) is 3. The fourth-order valence-corrected chi connectivity index (χ4v) is 4.88. The minimum absolute atomic E-state index is 0.0453. The second kappa shape index (κ2) is 7.93. The molecular weight excluding hydrogens is 398 g/mol. The van der Waals surface area contributed by atoms with Gasteiger partial charge in [-0.2, -0.15) is 0 Å². The number of hydrogen-bond donors (Lipinski definition) is 2. The Bertz CT molecular complexity index is 1150. The standard InChI is InChI=1S/C23H26ClN5O/c1-15-12-16(13-18-21(15)22-17(23(30)26-18)4-3-7-25-22)14-28-8-10-29(11-9-28)20-6-2-5-19(24)27-20/h2,5-6,12-13,25H,3-4,7-11,14H2,1H3,(H,26,30). The van der Waals surface area contributed by atoms with Gasteiger partial charge in [-0.05, 0) is 49.1 Å². The van der Waals surface area contributed by atoms with E-state index in [2.05, 4.69) is 44.1 Å². The van der Waals surface area contributed by atoms with Crippen molar-refractivity contribution < 1.29 is 0 Å². The molecule has 0 radical (unpaired) electrons. The highest BCUT2D eigenvalue weighted by molar-refractivity contribution is 6.29. The van der Waals surface area contributed by atoms with Crippen LogP contribution in [0.15, 0.2) is 35.1 Å². The molecule has 1 saturated heterocycles. The number of pyridine rings is 2. The Balaban J connectivity index is 1.34. The van der Waals surface area contributed by atoms with E-state index in [1.165, 1.54) is 11.1 Å². The number of fused-ring (bicyclic) bond motifs is 3. The first-order chi connectivity index (χ1) is 14.6. The van der Waals surface area contributed by atoms with Gasteiger partial charge in [0.15, 0.2) is 0 Å². The topological polar surface area (TPSA) is 64.3 Å². The molecule has 1 fully saturated rings. The van der Waals surface area contributed by atoms with Crippen LogP contribution in [0.4, 0.5) is 11.5 Å². The van der Waals surface area contributed by atoms with Gasteiger partial charge in [-0.3, -0.25) is 9.69 Å². The molecule has 156 valence electrons. The van der Waals surface area contributed by atoms with Crippen molar-refractivity contribution in [3.63, 3.8) is 0 Å². The molecule has 1 aromatic carbocycles. The molecule has 3 aromatic rings. The molecule has 2 aliphatic rings. The van der Waals surface area contributed by atoms with Crippen LogP contribution in [-0.4, -0.2) is 47.6 Å². The largest absolute Gasteiger partial charge is 0.384 e. The summed E-state index contributed by atoms with van der Waals surface area (Å²) in [6.45, 7) is 7.73. The molecule has 0 saturated carbocycles. The summed E-state index contributed by atoms with van der Waals surface area (Å²) in [5.74, 6) is 0.943. The van der Waals surface area contributed by atoms with E-state index in [1.807, 2.05) is 12.1 Å². The lowest BCUT2D eigenvalue weighted by Gasteiger charge is -2.35. The summed E-state index contributed by atoms with van der Waals surface area (Å²) in [6.07, 6.45) is 1.86. The van der Waals surface area contributed by atoms with Crippen LogP contribution >= 0.6 is 11.6 Å². The van der Waals surface area contributed by atoms with E-state index in [-0.39, 0.29) is 5.56 Å². The van der Waals surface area contributed by atoms with Crippen LogP contribution < -0.4 is 15.8 Å². The maximum absolute atomic E-state index is 12.6. The summed E-state index contributed by atoms with van der Waals surface area (Å²) in [5, 5.41) is 5.15. The normalized spacial score (nSPS) is 17.1. The zero-order valence-electron chi connectivity index (χ0n) is 17.2. The average molecular weight is 424 g/mol. The van der Waals surface area contributed by atoms with Gasteiger partial charge in [0.25, 0.3) is 5.56 Å². The number of anilines is 2. The molecule has 6 nitrogen and oxygen atoms in total. The van der Waals surface area contributed by atoms with Crippen molar-refractivity contribution in [2.45, 2.75) is 26.3 Å². The molecule has 0 aliphatic carbocycles. The minimum atomic E-state index is 0.0453. The Morgan fingerprint density at radius 3 is 2.80 bits per heavy atom. The molecule has 30 heavy (non-hydrogen) atoms. The highest BCUT2D eigenvalue weighted by atomic mass is 35.5. The molecule has 0 spiro atoms. The molecular formula is C23H26ClN5O. The molecule has 2 N–H and O–H groups in total. The molecule has 2 aliphatic heterocycles. The number of hydrogen-bond acceptors (Lipinski definition) is 5. The number of nitrogens with one attached hydrogen (secondary N) is 2. The fourth-order valence-electron chi connectivity index (χ4n) is 4.72. The number of aromatic amines is 1. The quantitative estimate of drug-likeness (QED) is 0.630. The Labute approximate surface area is 180 Å². The van der Waals surface area contributed by atoms with Crippen molar-refractivity contribution in [2.24, 2.45) is 0 Å². The van der Waals surface area contributed by atoms with Crippen molar-refractivity contribution in [3.05, 3.63) is 62.5 Å². The maximum Gasteiger partial charge on any atom is 0.253 e. The van der Waals surface area contributed by atoms with Gasteiger partial charge in [0.2, 0.25) is 0 Å². The van der Waals surface area contributed by atoms with Gasteiger partial charge in [-0.1, -0.05) is 23.7 Å². The minimum Gasteiger partial charge on any atom is -0.384 e. The molecule has 0 amide bonds. The third-order valence-electron chi connectivity index (χ3n) is 6.18. The zero-order chi connectivity index (χ0) is 20.7. The smallest absolute Gasteiger partial charge is 0.253 e. The number of aryl methyl sites for hydroxylation is 1. The molecule has 7 heteroatoms. The van der Waals surface area contributed by atoms with Gasteiger partial charge in [-0.25, -0.2) is 4.98 Å². The van der Waals surface area contributed by atoms with E-state index in [0.29, 0.717) is 5.15 Å². The van der Waals surface area contributed by atoms with Crippen LogP contribution in [0.5, 0.6) is 0 Å². The molecule has 0 atom stereocenters.